The van der Waals surface area contributed by atoms with Crippen molar-refractivity contribution in [2.24, 2.45) is 0 Å². The second kappa shape index (κ2) is 6.45. The second-order valence-corrected chi connectivity index (χ2v) is 5.06. The molecular formula is C16H16N2O2S. The van der Waals surface area contributed by atoms with Gasteiger partial charge in [0.1, 0.15) is 0 Å². The highest BCUT2D eigenvalue weighted by molar-refractivity contribution is 7.82. The molecule has 2 aromatic carbocycles. The van der Waals surface area contributed by atoms with Crippen LogP contribution in [0.5, 0.6) is 0 Å². The minimum Gasteiger partial charge on any atom is -0.273 e. The van der Waals surface area contributed by atoms with Gasteiger partial charge in [-0.3, -0.25) is 10.1 Å². The number of carbonyl (C=O) groups is 2. The van der Waals surface area contributed by atoms with Crippen LogP contribution >= 0.6 is 12.8 Å². The fourth-order valence-electron chi connectivity index (χ4n) is 1.89. The van der Waals surface area contributed by atoms with Crippen molar-refractivity contribution in [1.29, 1.82) is 0 Å². The average Bonchev–Trinajstić information content (AvgIpc) is 2.50. The van der Waals surface area contributed by atoms with Gasteiger partial charge in [0.2, 0.25) is 0 Å². The Hall–Kier alpha value is -2.27. The number of benzene rings is 2. The lowest BCUT2D eigenvalue weighted by Gasteiger charge is -2.19. The summed E-state index contributed by atoms with van der Waals surface area (Å²) in [5, 5.41) is 2.31. The highest BCUT2D eigenvalue weighted by Gasteiger charge is 2.18. The fraction of sp³-hybridized carbons (Fsp3) is 0.125. The van der Waals surface area contributed by atoms with E-state index in [2.05, 4.69) is 18.1 Å². The summed E-state index contributed by atoms with van der Waals surface area (Å²) in [4.78, 5) is 24.1. The average molecular weight is 300 g/mol. The molecule has 0 saturated heterocycles. The van der Waals surface area contributed by atoms with Gasteiger partial charge in [0.15, 0.2) is 0 Å². The Balaban J connectivity index is 2.13. The number of aryl methyl sites for hydroxylation is 1. The van der Waals surface area contributed by atoms with Crippen LogP contribution in [0.15, 0.2) is 48.5 Å². The number of imide groups is 1. The first-order chi connectivity index (χ1) is 10.0. The maximum absolute atomic E-state index is 12.1. The molecule has 0 aliphatic carbocycles. The molecule has 5 heteroatoms. The van der Waals surface area contributed by atoms with E-state index in [1.807, 2.05) is 26.0 Å². The Bertz CT molecular complexity index is 671. The molecule has 3 amide bonds. The molecule has 0 aliphatic heterocycles. The molecular weight excluding hydrogens is 284 g/mol. The van der Waals surface area contributed by atoms with Crippen molar-refractivity contribution in [1.82, 2.24) is 5.32 Å². The Morgan fingerprint density at radius 1 is 1.00 bits per heavy atom. The van der Waals surface area contributed by atoms with Gasteiger partial charge in [-0.1, -0.05) is 43.1 Å². The van der Waals surface area contributed by atoms with Gasteiger partial charge < -0.3 is 0 Å². The van der Waals surface area contributed by atoms with Gasteiger partial charge in [-0.15, -0.1) is 0 Å². The molecule has 0 fully saturated rings. The van der Waals surface area contributed by atoms with Crippen LogP contribution in [0, 0.1) is 13.8 Å². The van der Waals surface area contributed by atoms with E-state index in [0.717, 1.165) is 15.4 Å². The lowest BCUT2D eigenvalue weighted by Crippen LogP contribution is -2.38. The van der Waals surface area contributed by atoms with E-state index in [-0.39, 0.29) is 0 Å². The molecule has 0 spiro atoms. The molecule has 0 radical (unpaired) electrons. The van der Waals surface area contributed by atoms with Crippen LogP contribution in [0.2, 0.25) is 0 Å². The molecule has 2 aromatic rings. The number of nitrogens with zero attached hydrogens (tertiary/aromatic N) is 1. The van der Waals surface area contributed by atoms with Gasteiger partial charge in [-0.05, 0) is 43.2 Å². The highest BCUT2D eigenvalue weighted by Crippen LogP contribution is 2.24. The number of amides is 3. The van der Waals surface area contributed by atoms with Gasteiger partial charge in [-0.2, -0.15) is 0 Å². The number of rotatable bonds is 2. The number of nitrogens with one attached hydrogen (secondary N) is 1. The molecule has 0 aromatic heterocycles. The van der Waals surface area contributed by atoms with Crippen LogP contribution in [0.4, 0.5) is 10.5 Å². The Labute approximate surface area is 129 Å². The minimum absolute atomic E-state index is 0.425. The normalized spacial score (nSPS) is 10.0. The molecule has 21 heavy (non-hydrogen) atoms. The van der Waals surface area contributed by atoms with Crippen LogP contribution in [-0.4, -0.2) is 11.9 Å². The largest absolute Gasteiger partial charge is 0.338 e. The number of carbonyl (C=O) groups excluding carboxylic acids is 2. The van der Waals surface area contributed by atoms with Crippen LogP contribution in [0.3, 0.4) is 0 Å². The highest BCUT2D eigenvalue weighted by atomic mass is 32.1. The molecule has 0 bridgehead atoms. The summed E-state index contributed by atoms with van der Waals surface area (Å²) in [5.41, 5.74) is 3.06. The molecule has 0 unspecified atom stereocenters. The summed E-state index contributed by atoms with van der Waals surface area (Å²) in [6.45, 7) is 3.85. The van der Waals surface area contributed by atoms with E-state index < -0.39 is 11.9 Å². The summed E-state index contributed by atoms with van der Waals surface area (Å²) in [6, 6.07) is 13.6. The van der Waals surface area contributed by atoms with Crippen LogP contribution < -0.4 is 9.62 Å². The zero-order valence-electron chi connectivity index (χ0n) is 11.8. The minimum atomic E-state index is -0.583. The molecule has 4 nitrogen and oxygen atoms in total. The summed E-state index contributed by atoms with van der Waals surface area (Å²) in [5.74, 6) is -0.454. The lowest BCUT2D eigenvalue weighted by atomic mass is 10.1. The van der Waals surface area contributed by atoms with Crippen molar-refractivity contribution >= 4 is 30.4 Å². The zero-order chi connectivity index (χ0) is 15.4. The predicted octanol–water partition coefficient (Wildman–Crippen LogP) is 3.50. The third-order valence-electron chi connectivity index (χ3n) is 3.25. The quantitative estimate of drug-likeness (QED) is 0.834. The smallest absolute Gasteiger partial charge is 0.273 e. The predicted molar refractivity (Wildman–Crippen MR) is 86.7 cm³/mol. The first-order valence-electron chi connectivity index (χ1n) is 6.46. The lowest BCUT2D eigenvalue weighted by molar-refractivity contribution is 0.0966. The molecule has 0 aliphatic rings. The Morgan fingerprint density at radius 2 is 1.67 bits per heavy atom. The molecule has 2 rings (SSSR count). The number of urea groups is 1. The van der Waals surface area contributed by atoms with Crippen LogP contribution in [0.1, 0.15) is 21.5 Å². The van der Waals surface area contributed by atoms with Crippen molar-refractivity contribution in [3.8, 4) is 0 Å². The van der Waals surface area contributed by atoms with Gasteiger partial charge in [0, 0.05) is 5.56 Å². The summed E-state index contributed by atoms with van der Waals surface area (Å²) >= 11 is 4.19. The van der Waals surface area contributed by atoms with E-state index in [0.29, 0.717) is 11.3 Å². The van der Waals surface area contributed by atoms with E-state index in [1.165, 1.54) is 0 Å². The van der Waals surface area contributed by atoms with Gasteiger partial charge in [-0.25, -0.2) is 9.10 Å². The van der Waals surface area contributed by atoms with Crippen molar-refractivity contribution in [3.05, 3.63) is 65.2 Å². The summed E-state index contributed by atoms with van der Waals surface area (Å²) < 4.78 is 1.14. The standard InChI is InChI=1S/C16H16N2O2S/c1-11-7-6-10-14(12(11)2)18(21)16(20)17-15(19)13-8-4-3-5-9-13/h3-10,21H,1-2H3,(H,17,19,20). The molecule has 108 valence electrons. The molecule has 0 heterocycles. The fourth-order valence-corrected chi connectivity index (χ4v) is 2.15. The van der Waals surface area contributed by atoms with Crippen molar-refractivity contribution in [3.63, 3.8) is 0 Å². The Kier molecular flexibility index (Phi) is 4.65. The van der Waals surface area contributed by atoms with Crippen LogP contribution in [-0.2, 0) is 0 Å². The summed E-state index contributed by atoms with van der Waals surface area (Å²) in [6.07, 6.45) is 0. The van der Waals surface area contributed by atoms with Gasteiger partial charge in [0.25, 0.3) is 5.91 Å². The first-order valence-corrected chi connectivity index (χ1v) is 6.86. The van der Waals surface area contributed by atoms with E-state index in [1.54, 1.807) is 36.4 Å². The molecule has 1 N–H and O–H groups in total. The van der Waals surface area contributed by atoms with Crippen molar-refractivity contribution in [2.75, 3.05) is 4.31 Å². The number of thiol groups is 1. The SMILES string of the molecule is Cc1cccc(N(S)C(=O)NC(=O)c2ccccc2)c1C. The number of hydrogen-bond acceptors (Lipinski definition) is 3. The van der Waals surface area contributed by atoms with E-state index >= 15 is 0 Å². The van der Waals surface area contributed by atoms with Gasteiger partial charge >= 0.3 is 6.03 Å². The first kappa shape index (κ1) is 15.1. The maximum Gasteiger partial charge on any atom is 0.338 e. The topological polar surface area (TPSA) is 49.4 Å². The van der Waals surface area contributed by atoms with E-state index in [9.17, 15) is 9.59 Å². The monoisotopic (exact) mass is 300 g/mol. The van der Waals surface area contributed by atoms with Crippen LogP contribution in [0.25, 0.3) is 0 Å². The molecule has 0 saturated carbocycles. The van der Waals surface area contributed by atoms with E-state index in [4.69, 9.17) is 0 Å². The summed E-state index contributed by atoms with van der Waals surface area (Å²) in [7, 11) is 0. The van der Waals surface area contributed by atoms with Gasteiger partial charge in [0.05, 0.1) is 5.69 Å². The number of hydrogen-bond donors (Lipinski definition) is 2. The van der Waals surface area contributed by atoms with Crippen molar-refractivity contribution < 1.29 is 9.59 Å². The third-order valence-corrected chi connectivity index (χ3v) is 3.65. The maximum atomic E-state index is 12.1. The van der Waals surface area contributed by atoms with Crippen molar-refractivity contribution in [2.45, 2.75) is 13.8 Å². The molecule has 0 atom stereocenters. The Morgan fingerprint density at radius 3 is 2.33 bits per heavy atom. The number of anilines is 1. The second-order valence-electron chi connectivity index (χ2n) is 4.66. The third kappa shape index (κ3) is 3.44. The zero-order valence-corrected chi connectivity index (χ0v) is 12.7.